The van der Waals surface area contributed by atoms with E-state index in [9.17, 15) is 8.78 Å². The Kier molecular flexibility index (Phi) is 2.78. The van der Waals surface area contributed by atoms with Crippen LogP contribution in [0, 0.1) is 0 Å². The second kappa shape index (κ2) is 3.45. The Morgan fingerprint density at radius 1 is 1.55 bits per heavy atom. The molecule has 0 aromatic rings. The van der Waals surface area contributed by atoms with E-state index in [2.05, 4.69) is 4.74 Å². The normalized spacial score (nSPS) is 33.5. The summed E-state index contributed by atoms with van der Waals surface area (Å²) in [5, 5.41) is 0. The molecule has 4 heteroatoms. The maximum Gasteiger partial charge on any atom is 0.345 e. The molecule has 0 aromatic heterocycles. The Labute approximate surface area is 65.1 Å². The molecule has 0 N–H and O–H groups in total. The molecule has 1 aliphatic rings. The van der Waals surface area contributed by atoms with Gasteiger partial charge in [-0.3, -0.25) is 0 Å². The Bertz CT molecular complexity index is 119. The molecule has 0 saturated carbocycles. The lowest BCUT2D eigenvalue weighted by Gasteiger charge is -2.12. The van der Waals surface area contributed by atoms with Crippen molar-refractivity contribution in [3.8, 4) is 0 Å². The SMILES string of the molecule is CC1C[C@H](OC(F)F)CN1C. The van der Waals surface area contributed by atoms with Gasteiger partial charge in [0.05, 0.1) is 6.10 Å². The van der Waals surface area contributed by atoms with Crippen molar-refractivity contribution < 1.29 is 13.5 Å². The van der Waals surface area contributed by atoms with Crippen molar-refractivity contribution in [3.05, 3.63) is 0 Å². The van der Waals surface area contributed by atoms with Crippen molar-refractivity contribution in [2.75, 3.05) is 13.6 Å². The lowest BCUT2D eigenvalue weighted by Crippen LogP contribution is -2.23. The number of ether oxygens (including phenoxy) is 1. The Morgan fingerprint density at radius 2 is 2.18 bits per heavy atom. The van der Waals surface area contributed by atoms with Gasteiger partial charge in [-0.15, -0.1) is 0 Å². The fourth-order valence-corrected chi connectivity index (χ4v) is 1.38. The maximum atomic E-state index is 11.7. The van der Waals surface area contributed by atoms with Crippen molar-refractivity contribution in [2.24, 2.45) is 0 Å². The van der Waals surface area contributed by atoms with Crippen LogP contribution in [0.2, 0.25) is 0 Å². The largest absolute Gasteiger partial charge is 0.345 e. The Morgan fingerprint density at radius 3 is 2.55 bits per heavy atom. The first-order valence-corrected chi connectivity index (χ1v) is 3.73. The Balaban J connectivity index is 2.29. The fourth-order valence-electron chi connectivity index (χ4n) is 1.38. The number of nitrogens with zero attached hydrogens (tertiary/aromatic N) is 1. The monoisotopic (exact) mass is 165 g/mol. The highest BCUT2D eigenvalue weighted by molar-refractivity contribution is 4.80. The molecule has 1 aliphatic heterocycles. The Hall–Kier alpha value is -0.220. The number of likely N-dealkylation sites (N-methyl/N-ethyl adjacent to an activating group) is 1. The van der Waals surface area contributed by atoms with Crippen LogP contribution in [0.3, 0.4) is 0 Å². The molecule has 1 heterocycles. The van der Waals surface area contributed by atoms with Gasteiger partial charge in [-0.05, 0) is 20.4 Å². The van der Waals surface area contributed by atoms with Crippen molar-refractivity contribution in [3.63, 3.8) is 0 Å². The van der Waals surface area contributed by atoms with E-state index in [4.69, 9.17) is 0 Å². The van der Waals surface area contributed by atoms with Crippen molar-refractivity contribution in [1.29, 1.82) is 0 Å². The molecule has 11 heavy (non-hydrogen) atoms. The van der Waals surface area contributed by atoms with Crippen LogP contribution in [-0.4, -0.2) is 37.2 Å². The molecule has 0 aliphatic carbocycles. The highest BCUT2D eigenvalue weighted by Gasteiger charge is 2.28. The van der Waals surface area contributed by atoms with Crippen molar-refractivity contribution in [2.45, 2.75) is 32.1 Å². The molecule has 1 saturated heterocycles. The zero-order chi connectivity index (χ0) is 8.43. The molecule has 0 amide bonds. The van der Waals surface area contributed by atoms with E-state index in [1.807, 2.05) is 18.9 Å². The zero-order valence-electron chi connectivity index (χ0n) is 6.76. The summed E-state index contributed by atoms with van der Waals surface area (Å²) in [5.74, 6) is 0. The van der Waals surface area contributed by atoms with Gasteiger partial charge in [-0.25, -0.2) is 0 Å². The molecule has 2 atom stereocenters. The van der Waals surface area contributed by atoms with Crippen molar-refractivity contribution >= 4 is 0 Å². The topological polar surface area (TPSA) is 12.5 Å². The van der Waals surface area contributed by atoms with Gasteiger partial charge in [0.15, 0.2) is 0 Å². The average molecular weight is 165 g/mol. The molecular weight excluding hydrogens is 152 g/mol. The highest BCUT2D eigenvalue weighted by atomic mass is 19.3. The molecule has 1 fully saturated rings. The first-order chi connectivity index (χ1) is 5.09. The molecule has 1 unspecified atom stereocenters. The summed E-state index contributed by atoms with van der Waals surface area (Å²) in [5.41, 5.74) is 0. The van der Waals surface area contributed by atoms with Gasteiger partial charge >= 0.3 is 6.61 Å². The lowest BCUT2D eigenvalue weighted by atomic mass is 10.2. The number of halogens is 2. The molecule has 0 spiro atoms. The van der Waals surface area contributed by atoms with Gasteiger partial charge in [0.25, 0.3) is 0 Å². The highest BCUT2D eigenvalue weighted by Crippen LogP contribution is 2.19. The fraction of sp³-hybridized carbons (Fsp3) is 1.00. The molecule has 1 rings (SSSR count). The predicted molar refractivity (Wildman–Crippen MR) is 37.6 cm³/mol. The van der Waals surface area contributed by atoms with E-state index in [1.54, 1.807) is 0 Å². The second-order valence-corrected chi connectivity index (χ2v) is 3.04. The lowest BCUT2D eigenvalue weighted by molar-refractivity contribution is -0.158. The molecule has 0 aromatic carbocycles. The van der Waals surface area contributed by atoms with Gasteiger partial charge in [0, 0.05) is 12.6 Å². The van der Waals surface area contributed by atoms with Gasteiger partial charge < -0.3 is 9.64 Å². The van der Waals surface area contributed by atoms with Crippen LogP contribution < -0.4 is 0 Å². The molecule has 0 bridgehead atoms. The van der Waals surface area contributed by atoms with Crippen LogP contribution in [-0.2, 0) is 4.74 Å². The third-order valence-corrected chi connectivity index (χ3v) is 2.14. The summed E-state index contributed by atoms with van der Waals surface area (Å²) < 4.78 is 27.8. The quantitative estimate of drug-likeness (QED) is 0.611. The molecule has 66 valence electrons. The first kappa shape index (κ1) is 8.87. The number of hydrogen-bond acceptors (Lipinski definition) is 2. The van der Waals surface area contributed by atoms with E-state index in [0.29, 0.717) is 19.0 Å². The smallest absolute Gasteiger partial charge is 0.318 e. The summed E-state index contributed by atoms with van der Waals surface area (Å²) in [4.78, 5) is 2.02. The van der Waals surface area contributed by atoms with Crippen LogP contribution in [0.1, 0.15) is 13.3 Å². The summed E-state index contributed by atoms with van der Waals surface area (Å²) in [6, 6.07) is 0.360. The van der Waals surface area contributed by atoms with Gasteiger partial charge in [0.2, 0.25) is 0 Å². The summed E-state index contributed by atoms with van der Waals surface area (Å²) in [6.45, 7) is -0.000870. The summed E-state index contributed by atoms with van der Waals surface area (Å²) in [6.07, 6.45) is 0.427. The molecule has 2 nitrogen and oxygen atoms in total. The van der Waals surface area contributed by atoms with Crippen LogP contribution >= 0.6 is 0 Å². The zero-order valence-corrected chi connectivity index (χ0v) is 6.76. The third kappa shape index (κ3) is 2.38. The summed E-state index contributed by atoms with van der Waals surface area (Å²) in [7, 11) is 1.92. The number of alkyl halides is 2. The predicted octanol–water partition coefficient (Wildman–Crippen LogP) is 1.32. The minimum Gasteiger partial charge on any atom is -0.318 e. The average Bonchev–Trinajstić information content (AvgIpc) is 2.10. The number of rotatable bonds is 2. The first-order valence-electron chi connectivity index (χ1n) is 3.73. The van der Waals surface area contributed by atoms with Gasteiger partial charge in [-0.1, -0.05) is 0 Å². The van der Waals surface area contributed by atoms with E-state index in [-0.39, 0.29) is 6.10 Å². The van der Waals surface area contributed by atoms with Crippen LogP contribution in [0.15, 0.2) is 0 Å². The number of likely N-dealkylation sites (tertiary alicyclic amines) is 1. The van der Waals surface area contributed by atoms with Crippen LogP contribution in [0.4, 0.5) is 8.78 Å². The van der Waals surface area contributed by atoms with Crippen molar-refractivity contribution in [1.82, 2.24) is 4.90 Å². The van der Waals surface area contributed by atoms with Gasteiger partial charge in [-0.2, -0.15) is 8.78 Å². The van der Waals surface area contributed by atoms with E-state index in [1.165, 1.54) is 0 Å². The third-order valence-electron chi connectivity index (χ3n) is 2.14. The number of hydrogen-bond donors (Lipinski definition) is 0. The maximum absolute atomic E-state index is 11.7. The van der Waals surface area contributed by atoms with E-state index >= 15 is 0 Å². The van der Waals surface area contributed by atoms with Crippen LogP contribution in [0.25, 0.3) is 0 Å². The minimum absolute atomic E-state index is 0.282. The molecular formula is C7H13F2NO. The van der Waals surface area contributed by atoms with Gasteiger partial charge in [0.1, 0.15) is 0 Å². The second-order valence-electron chi connectivity index (χ2n) is 3.04. The van der Waals surface area contributed by atoms with Crippen LogP contribution in [0.5, 0.6) is 0 Å². The van der Waals surface area contributed by atoms with E-state index in [0.717, 1.165) is 0 Å². The summed E-state index contributed by atoms with van der Waals surface area (Å²) >= 11 is 0. The molecule has 0 radical (unpaired) electrons. The van der Waals surface area contributed by atoms with E-state index < -0.39 is 6.61 Å². The standard InChI is InChI=1S/C7H13F2NO/c1-5-3-6(4-10(5)2)11-7(8)9/h5-7H,3-4H2,1-2H3/t5?,6-/m0/s1. The minimum atomic E-state index is -2.63.